The highest BCUT2D eigenvalue weighted by molar-refractivity contribution is 5.76. The first-order valence-corrected chi connectivity index (χ1v) is 8.54. The van der Waals surface area contributed by atoms with Crippen LogP contribution in [0.4, 0.5) is 0 Å². The molecular formula is C18H38N2O. The van der Waals surface area contributed by atoms with Crippen molar-refractivity contribution in [3.05, 3.63) is 0 Å². The third-order valence-electron chi connectivity index (χ3n) is 3.62. The first-order valence-electron chi connectivity index (χ1n) is 8.54. The summed E-state index contributed by atoms with van der Waals surface area (Å²) in [5, 5.41) is 0. The third kappa shape index (κ3) is 11.7. The molecule has 0 rings (SSSR count). The molecule has 0 bridgehead atoms. The smallest absolute Gasteiger partial charge is 0.224 e. The molecule has 126 valence electrons. The topological polar surface area (TPSA) is 46.3 Å². The summed E-state index contributed by atoms with van der Waals surface area (Å²) in [6.07, 6.45) is 3.51. The molecule has 0 aliphatic rings. The summed E-state index contributed by atoms with van der Waals surface area (Å²) in [7, 11) is 0. The Balaban J connectivity index is 4.47. The molecule has 0 saturated carbocycles. The van der Waals surface area contributed by atoms with E-state index in [0.717, 1.165) is 32.4 Å². The first-order chi connectivity index (χ1) is 9.51. The molecule has 3 heteroatoms. The number of nitrogens with zero attached hydrogens (tertiary/aromatic N) is 1. The molecular weight excluding hydrogens is 260 g/mol. The van der Waals surface area contributed by atoms with Gasteiger partial charge in [-0.15, -0.1) is 0 Å². The van der Waals surface area contributed by atoms with Crippen molar-refractivity contribution in [3.8, 4) is 0 Å². The van der Waals surface area contributed by atoms with E-state index in [0.29, 0.717) is 18.3 Å². The minimum Gasteiger partial charge on any atom is -0.343 e. The predicted octanol–water partition coefficient (Wildman–Crippen LogP) is 4.06. The van der Waals surface area contributed by atoms with Gasteiger partial charge in [-0.3, -0.25) is 4.79 Å². The lowest BCUT2D eigenvalue weighted by atomic mass is 9.87. The lowest BCUT2D eigenvalue weighted by molar-refractivity contribution is -0.132. The molecule has 1 amide bonds. The van der Waals surface area contributed by atoms with E-state index in [2.05, 4.69) is 48.5 Å². The van der Waals surface area contributed by atoms with Crippen molar-refractivity contribution < 1.29 is 4.79 Å². The molecule has 0 aromatic rings. The number of hydrogen-bond acceptors (Lipinski definition) is 2. The monoisotopic (exact) mass is 298 g/mol. The van der Waals surface area contributed by atoms with Crippen LogP contribution in [0.3, 0.4) is 0 Å². The van der Waals surface area contributed by atoms with Crippen LogP contribution in [0.15, 0.2) is 0 Å². The van der Waals surface area contributed by atoms with E-state index in [-0.39, 0.29) is 17.4 Å². The van der Waals surface area contributed by atoms with Crippen LogP contribution in [0.25, 0.3) is 0 Å². The van der Waals surface area contributed by atoms with E-state index in [9.17, 15) is 4.79 Å². The molecule has 0 spiro atoms. The van der Waals surface area contributed by atoms with Crippen molar-refractivity contribution in [1.29, 1.82) is 0 Å². The number of carbonyl (C=O) groups excluding carboxylic acids is 1. The van der Waals surface area contributed by atoms with Crippen LogP contribution in [-0.4, -0.2) is 29.9 Å². The zero-order chi connectivity index (χ0) is 16.6. The minimum atomic E-state index is -0.0295. The van der Waals surface area contributed by atoms with Crippen molar-refractivity contribution in [2.45, 2.75) is 80.2 Å². The van der Waals surface area contributed by atoms with E-state index in [1.807, 2.05) is 4.90 Å². The van der Waals surface area contributed by atoms with Crippen molar-refractivity contribution in [3.63, 3.8) is 0 Å². The molecule has 2 N–H and O–H groups in total. The number of rotatable bonds is 9. The third-order valence-corrected chi connectivity index (χ3v) is 3.62. The highest BCUT2D eigenvalue weighted by Gasteiger charge is 2.21. The summed E-state index contributed by atoms with van der Waals surface area (Å²) in [5.41, 5.74) is 6.34. The van der Waals surface area contributed by atoms with Gasteiger partial charge >= 0.3 is 0 Å². The van der Waals surface area contributed by atoms with Gasteiger partial charge in [0.15, 0.2) is 0 Å². The van der Waals surface area contributed by atoms with Crippen LogP contribution in [0.5, 0.6) is 0 Å². The molecule has 0 aliphatic carbocycles. The molecule has 0 fully saturated rings. The van der Waals surface area contributed by atoms with Gasteiger partial charge in [0.1, 0.15) is 0 Å². The van der Waals surface area contributed by atoms with Crippen molar-refractivity contribution >= 4 is 5.91 Å². The van der Waals surface area contributed by atoms with Gasteiger partial charge in [-0.25, -0.2) is 0 Å². The minimum absolute atomic E-state index is 0.0295. The maximum absolute atomic E-state index is 12.5. The van der Waals surface area contributed by atoms with E-state index >= 15 is 0 Å². The Kier molecular flexibility index (Phi) is 9.19. The molecule has 0 aliphatic heterocycles. The summed E-state index contributed by atoms with van der Waals surface area (Å²) in [6.45, 7) is 17.1. The SMILES string of the molecule is CC(C)CCN(CCC(C)C)C(=O)CC(N)CC(C)(C)C. The normalized spacial score (nSPS) is 13.8. The van der Waals surface area contributed by atoms with E-state index in [4.69, 9.17) is 5.73 Å². The van der Waals surface area contributed by atoms with Crippen LogP contribution < -0.4 is 5.73 Å². The van der Waals surface area contributed by atoms with E-state index in [1.165, 1.54) is 0 Å². The second-order valence-corrected chi connectivity index (χ2v) is 8.47. The quantitative estimate of drug-likeness (QED) is 0.697. The molecule has 3 nitrogen and oxygen atoms in total. The molecule has 1 unspecified atom stereocenters. The maximum atomic E-state index is 12.5. The van der Waals surface area contributed by atoms with Gasteiger partial charge < -0.3 is 10.6 Å². The fraction of sp³-hybridized carbons (Fsp3) is 0.944. The van der Waals surface area contributed by atoms with Crippen LogP contribution in [0.2, 0.25) is 0 Å². The number of carbonyl (C=O) groups is 1. The lowest BCUT2D eigenvalue weighted by Crippen LogP contribution is -2.39. The standard InChI is InChI=1S/C18H38N2O/c1-14(2)8-10-20(11-9-15(3)4)17(21)12-16(19)13-18(5,6)7/h14-16H,8-13,19H2,1-7H3. The highest BCUT2D eigenvalue weighted by atomic mass is 16.2. The summed E-state index contributed by atoms with van der Waals surface area (Å²) in [5.74, 6) is 1.48. The van der Waals surface area contributed by atoms with Gasteiger partial charge in [-0.05, 0) is 36.5 Å². The van der Waals surface area contributed by atoms with Gasteiger partial charge in [0.2, 0.25) is 5.91 Å². The Morgan fingerprint density at radius 1 is 1.00 bits per heavy atom. The van der Waals surface area contributed by atoms with E-state index < -0.39 is 0 Å². The Morgan fingerprint density at radius 2 is 1.43 bits per heavy atom. The van der Waals surface area contributed by atoms with Crippen LogP contribution in [-0.2, 0) is 4.79 Å². The summed E-state index contributed by atoms with van der Waals surface area (Å²) in [4.78, 5) is 14.5. The highest BCUT2D eigenvalue weighted by Crippen LogP contribution is 2.21. The average molecular weight is 299 g/mol. The molecule has 0 aromatic heterocycles. The summed E-state index contributed by atoms with van der Waals surface area (Å²) < 4.78 is 0. The number of nitrogens with two attached hydrogens (primary N) is 1. The Hall–Kier alpha value is -0.570. The van der Waals surface area contributed by atoms with Crippen molar-refractivity contribution in [2.24, 2.45) is 23.0 Å². The summed E-state index contributed by atoms with van der Waals surface area (Å²) in [6, 6.07) is -0.0295. The van der Waals surface area contributed by atoms with Gasteiger partial charge in [-0.2, -0.15) is 0 Å². The average Bonchev–Trinajstić information content (AvgIpc) is 2.24. The second-order valence-electron chi connectivity index (χ2n) is 8.47. The largest absolute Gasteiger partial charge is 0.343 e. The molecule has 21 heavy (non-hydrogen) atoms. The van der Waals surface area contributed by atoms with Gasteiger partial charge in [0, 0.05) is 25.6 Å². The number of amides is 1. The fourth-order valence-corrected chi connectivity index (χ4v) is 2.40. The predicted molar refractivity (Wildman–Crippen MR) is 92.2 cm³/mol. The fourth-order valence-electron chi connectivity index (χ4n) is 2.40. The first kappa shape index (κ1) is 20.4. The molecule has 0 saturated heterocycles. The van der Waals surface area contributed by atoms with E-state index in [1.54, 1.807) is 0 Å². The second kappa shape index (κ2) is 9.45. The molecule has 1 atom stereocenters. The molecule has 0 aromatic carbocycles. The molecule has 0 radical (unpaired) electrons. The Bertz CT molecular complexity index is 280. The lowest BCUT2D eigenvalue weighted by Gasteiger charge is -2.28. The zero-order valence-corrected chi connectivity index (χ0v) is 15.4. The number of hydrogen-bond donors (Lipinski definition) is 1. The zero-order valence-electron chi connectivity index (χ0n) is 15.4. The maximum Gasteiger partial charge on any atom is 0.224 e. The Morgan fingerprint density at radius 3 is 1.76 bits per heavy atom. The van der Waals surface area contributed by atoms with Crippen LogP contribution in [0, 0.1) is 17.3 Å². The van der Waals surface area contributed by atoms with Crippen molar-refractivity contribution in [2.75, 3.05) is 13.1 Å². The van der Waals surface area contributed by atoms with Gasteiger partial charge in [0.05, 0.1) is 0 Å². The summed E-state index contributed by atoms with van der Waals surface area (Å²) >= 11 is 0. The van der Waals surface area contributed by atoms with Crippen molar-refractivity contribution in [1.82, 2.24) is 4.90 Å². The molecule has 0 heterocycles. The van der Waals surface area contributed by atoms with Gasteiger partial charge in [-0.1, -0.05) is 48.5 Å². The van der Waals surface area contributed by atoms with Crippen LogP contribution in [0.1, 0.15) is 74.1 Å². The van der Waals surface area contributed by atoms with Crippen LogP contribution >= 0.6 is 0 Å². The Labute approximate surface area is 132 Å². The van der Waals surface area contributed by atoms with Gasteiger partial charge in [0.25, 0.3) is 0 Å².